The smallest absolute Gasteiger partial charge is 0.335 e. The van der Waals surface area contributed by atoms with Crippen molar-refractivity contribution in [2.75, 3.05) is 6.61 Å². The van der Waals surface area contributed by atoms with Crippen LogP contribution in [0.15, 0.2) is 24.3 Å². The number of benzene rings is 1. The Balaban J connectivity index is 2.07. The number of hydrogen-bond acceptors (Lipinski definition) is 2. The van der Waals surface area contributed by atoms with Crippen LogP contribution >= 0.6 is 0 Å². The zero-order valence-corrected chi connectivity index (χ0v) is 13.3. The van der Waals surface area contributed by atoms with Gasteiger partial charge in [-0.3, -0.25) is 0 Å². The van der Waals surface area contributed by atoms with Crippen LogP contribution in [0.1, 0.15) is 69.2 Å². The standard InChI is InChI=1S/C18H28O3/c1-3-4-8-15(2)9-6-5-7-14-21-17-12-10-16(11-13-17)18(19)20/h10-13,15H,3-9,14H2,1-2H3,(H,19,20)/t15-/m0/s1. The molecule has 0 aliphatic carbocycles. The fourth-order valence-electron chi connectivity index (χ4n) is 2.35. The molecule has 0 aliphatic heterocycles. The van der Waals surface area contributed by atoms with Gasteiger partial charge < -0.3 is 9.84 Å². The van der Waals surface area contributed by atoms with Crippen LogP contribution in [0.4, 0.5) is 0 Å². The molecule has 0 bridgehead atoms. The van der Waals surface area contributed by atoms with Crippen LogP contribution in [-0.4, -0.2) is 17.7 Å². The largest absolute Gasteiger partial charge is 0.494 e. The first-order chi connectivity index (χ1) is 10.1. The molecule has 21 heavy (non-hydrogen) atoms. The van der Waals surface area contributed by atoms with E-state index in [2.05, 4.69) is 13.8 Å². The van der Waals surface area contributed by atoms with E-state index in [1.165, 1.54) is 38.5 Å². The average Bonchev–Trinajstić information content (AvgIpc) is 2.49. The molecule has 1 rings (SSSR count). The van der Waals surface area contributed by atoms with E-state index in [-0.39, 0.29) is 0 Å². The van der Waals surface area contributed by atoms with E-state index >= 15 is 0 Å². The van der Waals surface area contributed by atoms with Crippen LogP contribution in [0.2, 0.25) is 0 Å². The van der Waals surface area contributed by atoms with Gasteiger partial charge in [0, 0.05) is 0 Å². The number of rotatable bonds is 11. The second kappa shape index (κ2) is 10.3. The minimum Gasteiger partial charge on any atom is -0.494 e. The first-order valence-corrected chi connectivity index (χ1v) is 8.09. The molecule has 0 radical (unpaired) electrons. The van der Waals surface area contributed by atoms with E-state index in [0.29, 0.717) is 12.2 Å². The first-order valence-electron chi connectivity index (χ1n) is 8.09. The van der Waals surface area contributed by atoms with Crippen LogP contribution in [0.3, 0.4) is 0 Å². The number of carboxylic acid groups (broad SMARTS) is 1. The van der Waals surface area contributed by atoms with Gasteiger partial charge in [-0.1, -0.05) is 52.4 Å². The maximum atomic E-state index is 10.7. The highest BCUT2D eigenvalue weighted by atomic mass is 16.5. The topological polar surface area (TPSA) is 46.5 Å². The van der Waals surface area contributed by atoms with Crippen LogP contribution in [0, 0.1) is 5.92 Å². The van der Waals surface area contributed by atoms with E-state index < -0.39 is 5.97 Å². The number of carbonyl (C=O) groups is 1. The summed E-state index contributed by atoms with van der Waals surface area (Å²) >= 11 is 0. The summed E-state index contributed by atoms with van der Waals surface area (Å²) in [4.78, 5) is 10.7. The summed E-state index contributed by atoms with van der Waals surface area (Å²) in [6.45, 7) is 5.29. The molecule has 0 fully saturated rings. The molecule has 1 aromatic rings. The molecule has 1 atom stereocenters. The molecule has 0 aliphatic rings. The molecule has 118 valence electrons. The Morgan fingerprint density at radius 3 is 2.38 bits per heavy atom. The lowest BCUT2D eigenvalue weighted by atomic mass is 9.98. The fraction of sp³-hybridized carbons (Fsp3) is 0.611. The molecule has 0 unspecified atom stereocenters. The van der Waals surface area contributed by atoms with Crippen molar-refractivity contribution in [3.63, 3.8) is 0 Å². The molecule has 0 saturated carbocycles. The number of ether oxygens (including phenoxy) is 1. The lowest BCUT2D eigenvalue weighted by Gasteiger charge is -2.10. The average molecular weight is 292 g/mol. The van der Waals surface area contributed by atoms with Crippen LogP contribution in [0.5, 0.6) is 5.75 Å². The lowest BCUT2D eigenvalue weighted by Crippen LogP contribution is -2.00. The highest BCUT2D eigenvalue weighted by Crippen LogP contribution is 2.16. The molecule has 1 aromatic carbocycles. The second-order valence-electron chi connectivity index (χ2n) is 5.77. The number of hydrogen-bond donors (Lipinski definition) is 1. The maximum absolute atomic E-state index is 10.7. The Bertz CT molecular complexity index is 397. The Morgan fingerprint density at radius 2 is 1.76 bits per heavy atom. The van der Waals surface area contributed by atoms with Crippen LogP contribution in [-0.2, 0) is 0 Å². The number of aromatic carboxylic acids is 1. The monoisotopic (exact) mass is 292 g/mol. The molecule has 3 heteroatoms. The van der Waals surface area contributed by atoms with Crippen molar-refractivity contribution in [2.45, 2.75) is 58.8 Å². The molecule has 0 aromatic heterocycles. The third kappa shape index (κ3) is 7.74. The van der Waals surface area contributed by atoms with E-state index in [9.17, 15) is 4.79 Å². The Morgan fingerprint density at radius 1 is 1.10 bits per heavy atom. The van der Waals surface area contributed by atoms with Crippen molar-refractivity contribution in [3.8, 4) is 5.75 Å². The van der Waals surface area contributed by atoms with Crippen molar-refractivity contribution in [3.05, 3.63) is 29.8 Å². The minimum atomic E-state index is -0.904. The summed E-state index contributed by atoms with van der Waals surface area (Å²) in [6.07, 6.45) is 8.82. The third-order valence-electron chi connectivity index (χ3n) is 3.76. The van der Waals surface area contributed by atoms with E-state index in [1.807, 2.05) is 0 Å². The molecular formula is C18H28O3. The normalized spacial score (nSPS) is 12.1. The van der Waals surface area contributed by atoms with Gasteiger partial charge in [0.2, 0.25) is 0 Å². The predicted molar refractivity (Wildman–Crippen MR) is 86.1 cm³/mol. The van der Waals surface area contributed by atoms with Crippen molar-refractivity contribution in [1.82, 2.24) is 0 Å². The molecule has 3 nitrogen and oxygen atoms in total. The van der Waals surface area contributed by atoms with Gasteiger partial charge in [-0.15, -0.1) is 0 Å². The fourth-order valence-corrected chi connectivity index (χ4v) is 2.35. The van der Waals surface area contributed by atoms with Gasteiger partial charge in [-0.05, 0) is 36.6 Å². The number of carboxylic acids is 1. The van der Waals surface area contributed by atoms with Gasteiger partial charge in [-0.25, -0.2) is 4.79 Å². The Labute approximate surface area is 128 Å². The highest BCUT2D eigenvalue weighted by molar-refractivity contribution is 5.87. The third-order valence-corrected chi connectivity index (χ3v) is 3.76. The quantitative estimate of drug-likeness (QED) is 0.574. The maximum Gasteiger partial charge on any atom is 0.335 e. The van der Waals surface area contributed by atoms with Gasteiger partial charge in [0.05, 0.1) is 12.2 Å². The Hall–Kier alpha value is -1.51. The van der Waals surface area contributed by atoms with Crippen molar-refractivity contribution < 1.29 is 14.6 Å². The van der Waals surface area contributed by atoms with E-state index in [0.717, 1.165) is 18.1 Å². The number of unbranched alkanes of at least 4 members (excludes halogenated alkanes) is 3. The molecule has 0 spiro atoms. The van der Waals surface area contributed by atoms with Gasteiger partial charge in [-0.2, -0.15) is 0 Å². The van der Waals surface area contributed by atoms with Crippen LogP contribution < -0.4 is 4.74 Å². The summed E-state index contributed by atoms with van der Waals surface area (Å²) < 4.78 is 5.62. The molecule has 1 N–H and O–H groups in total. The SMILES string of the molecule is CCCC[C@H](C)CCCCCOc1ccc(C(=O)O)cc1. The molecule has 0 heterocycles. The molecular weight excluding hydrogens is 264 g/mol. The van der Waals surface area contributed by atoms with Gasteiger partial charge in [0.15, 0.2) is 0 Å². The van der Waals surface area contributed by atoms with Crippen molar-refractivity contribution in [1.29, 1.82) is 0 Å². The summed E-state index contributed by atoms with van der Waals surface area (Å²) in [7, 11) is 0. The van der Waals surface area contributed by atoms with Crippen molar-refractivity contribution in [2.24, 2.45) is 5.92 Å². The van der Waals surface area contributed by atoms with Crippen LogP contribution in [0.25, 0.3) is 0 Å². The summed E-state index contributed by atoms with van der Waals surface area (Å²) in [5.74, 6) is 0.685. The van der Waals surface area contributed by atoms with Gasteiger partial charge >= 0.3 is 5.97 Å². The molecule has 0 amide bonds. The summed E-state index contributed by atoms with van der Waals surface area (Å²) in [5, 5.41) is 8.81. The zero-order valence-electron chi connectivity index (χ0n) is 13.3. The first kappa shape index (κ1) is 17.5. The van der Waals surface area contributed by atoms with E-state index in [4.69, 9.17) is 9.84 Å². The van der Waals surface area contributed by atoms with Gasteiger partial charge in [0.1, 0.15) is 5.75 Å². The Kier molecular flexibility index (Phi) is 8.56. The highest BCUT2D eigenvalue weighted by Gasteiger charge is 2.03. The predicted octanol–water partition coefficient (Wildman–Crippen LogP) is 5.15. The minimum absolute atomic E-state index is 0.295. The van der Waals surface area contributed by atoms with E-state index in [1.54, 1.807) is 24.3 Å². The summed E-state index contributed by atoms with van der Waals surface area (Å²) in [6, 6.07) is 6.59. The zero-order chi connectivity index (χ0) is 15.5. The summed E-state index contributed by atoms with van der Waals surface area (Å²) in [5.41, 5.74) is 0.295. The van der Waals surface area contributed by atoms with Gasteiger partial charge in [0.25, 0.3) is 0 Å². The van der Waals surface area contributed by atoms with Crippen molar-refractivity contribution >= 4 is 5.97 Å². The molecule has 0 saturated heterocycles. The second-order valence-corrected chi connectivity index (χ2v) is 5.77. The lowest BCUT2D eigenvalue weighted by molar-refractivity contribution is 0.0697.